The van der Waals surface area contributed by atoms with Crippen LogP contribution in [-0.2, 0) is 11.5 Å². The maximum Gasteiger partial charge on any atom is 0.151 e. The summed E-state index contributed by atoms with van der Waals surface area (Å²) < 4.78 is 11.5. The van der Waals surface area contributed by atoms with E-state index in [9.17, 15) is 0 Å². The molecule has 0 bridgehead atoms. The first-order chi connectivity index (χ1) is 13.4. The smallest absolute Gasteiger partial charge is 0.151 e. The lowest BCUT2D eigenvalue weighted by atomic mass is 10.3. The summed E-state index contributed by atoms with van der Waals surface area (Å²) >= 11 is 0. The summed E-state index contributed by atoms with van der Waals surface area (Å²) in [4.78, 5) is 13.5. The van der Waals surface area contributed by atoms with Gasteiger partial charge in [-0.3, -0.25) is 8.97 Å². The number of hydrogen-bond acceptors (Lipinski definition) is 5. The second kappa shape index (κ2) is 7.32. The highest BCUT2D eigenvalue weighted by atomic mass is 28.3. The molecule has 4 aromatic heterocycles. The van der Waals surface area contributed by atoms with Crippen LogP contribution in [0.15, 0.2) is 43.4 Å². The summed E-state index contributed by atoms with van der Waals surface area (Å²) in [6.45, 7) is 10.2. The molecule has 4 aromatic rings. The molecule has 0 aliphatic heterocycles. The van der Waals surface area contributed by atoms with E-state index in [0.29, 0.717) is 6.73 Å². The molecule has 0 saturated carbocycles. The van der Waals surface area contributed by atoms with Crippen LogP contribution in [0.5, 0.6) is 0 Å². The van der Waals surface area contributed by atoms with Crippen LogP contribution in [0.4, 0.5) is 0 Å². The van der Waals surface area contributed by atoms with Crippen molar-refractivity contribution in [3.63, 3.8) is 0 Å². The summed E-state index contributed by atoms with van der Waals surface area (Å²) in [6, 6.07) is 3.08. The van der Waals surface area contributed by atoms with Crippen LogP contribution in [0.1, 0.15) is 5.69 Å². The molecule has 0 amide bonds. The molecule has 0 aliphatic carbocycles. The first-order valence-electron chi connectivity index (χ1n) is 9.35. The average Bonchev–Trinajstić information content (AvgIpc) is 3.37. The van der Waals surface area contributed by atoms with Crippen molar-refractivity contribution in [2.24, 2.45) is 0 Å². The van der Waals surface area contributed by atoms with Gasteiger partial charge in [0.1, 0.15) is 24.5 Å². The van der Waals surface area contributed by atoms with Gasteiger partial charge in [-0.05, 0) is 13.0 Å². The molecule has 8 nitrogen and oxygen atoms in total. The van der Waals surface area contributed by atoms with E-state index in [4.69, 9.17) is 9.72 Å². The van der Waals surface area contributed by atoms with Crippen molar-refractivity contribution in [1.29, 1.82) is 0 Å². The number of rotatable bonds is 7. The third kappa shape index (κ3) is 4.05. The molecule has 0 unspecified atom stereocenters. The summed E-state index contributed by atoms with van der Waals surface area (Å²) in [5.41, 5.74) is 2.68. The van der Waals surface area contributed by atoms with E-state index in [1.807, 2.05) is 46.7 Å². The van der Waals surface area contributed by atoms with Crippen molar-refractivity contribution in [1.82, 2.24) is 33.7 Å². The van der Waals surface area contributed by atoms with Crippen molar-refractivity contribution in [3.05, 3.63) is 49.1 Å². The first-order valence-corrected chi connectivity index (χ1v) is 13.1. The molecule has 146 valence electrons. The maximum atomic E-state index is 5.80. The largest absolute Gasteiger partial charge is 0.360 e. The molecule has 4 heterocycles. The Morgan fingerprint density at radius 3 is 2.75 bits per heavy atom. The zero-order chi connectivity index (χ0) is 19.7. The molecule has 0 radical (unpaired) electrons. The van der Waals surface area contributed by atoms with Crippen molar-refractivity contribution in [2.45, 2.75) is 39.3 Å². The van der Waals surface area contributed by atoms with Gasteiger partial charge >= 0.3 is 0 Å². The third-order valence-corrected chi connectivity index (χ3v) is 6.17. The Hall–Kier alpha value is -2.78. The lowest BCUT2D eigenvalue weighted by molar-refractivity contribution is 0.0786. The minimum Gasteiger partial charge on any atom is -0.360 e. The van der Waals surface area contributed by atoms with Gasteiger partial charge in [-0.2, -0.15) is 5.10 Å². The minimum absolute atomic E-state index is 0.442. The van der Waals surface area contributed by atoms with Gasteiger partial charge < -0.3 is 4.74 Å². The number of aromatic nitrogens is 7. The minimum atomic E-state index is -1.08. The van der Waals surface area contributed by atoms with Gasteiger partial charge in [0.2, 0.25) is 0 Å². The topological polar surface area (TPSA) is 75.1 Å². The molecule has 4 rings (SSSR count). The Balaban J connectivity index is 1.59. The van der Waals surface area contributed by atoms with Gasteiger partial charge in [0.05, 0.1) is 17.5 Å². The van der Waals surface area contributed by atoms with Crippen LogP contribution in [0.2, 0.25) is 25.7 Å². The van der Waals surface area contributed by atoms with E-state index in [0.717, 1.165) is 41.2 Å². The van der Waals surface area contributed by atoms with E-state index >= 15 is 0 Å². The Kier molecular flexibility index (Phi) is 4.86. The lowest BCUT2D eigenvalue weighted by Gasteiger charge is -2.15. The molecule has 0 fully saturated rings. The molecule has 0 aromatic carbocycles. The van der Waals surface area contributed by atoms with E-state index in [1.54, 1.807) is 17.2 Å². The van der Waals surface area contributed by atoms with Gasteiger partial charge in [-0.15, -0.1) is 0 Å². The molecule has 0 spiro atoms. The highest BCUT2D eigenvalue weighted by molar-refractivity contribution is 6.76. The van der Waals surface area contributed by atoms with Crippen LogP contribution >= 0.6 is 0 Å². The Morgan fingerprint density at radius 2 is 2.00 bits per heavy atom. The summed E-state index contributed by atoms with van der Waals surface area (Å²) in [5.74, 6) is 1.55. The average molecular weight is 396 g/mol. The fourth-order valence-electron chi connectivity index (χ4n) is 2.88. The highest BCUT2D eigenvalue weighted by Crippen LogP contribution is 2.21. The normalized spacial score (nSPS) is 12.1. The van der Waals surface area contributed by atoms with Gasteiger partial charge in [0.15, 0.2) is 5.82 Å². The molecule has 28 heavy (non-hydrogen) atoms. The number of hydrogen-bond donors (Lipinski definition) is 0. The number of fused-ring (bicyclic) bond motifs is 1. The van der Waals surface area contributed by atoms with Crippen molar-refractivity contribution >= 4 is 13.7 Å². The summed E-state index contributed by atoms with van der Waals surface area (Å²) in [5, 5.41) is 4.43. The van der Waals surface area contributed by atoms with Crippen molar-refractivity contribution < 1.29 is 4.74 Å². The number of nitrogens with zero attached hydrogens (tertiary/aromatic N) is 7. The van der Waals surface area contributed by atoms with E-state index < -0.39 is 8.07 Å². The Morgan fingerprint density at radius 1 is 1.14 bits per heavy atom. The van der Waals surface area contributed by atoms with Gasteiger partial charge in [-0.1, -0.05) is 19.6 Å². The van der Waals surface area contributed by atoms with Crippen LogP contribution in [0.25, 0.3) is 22.9 Å². The molecule has 0 atom stereocenters. The van der Waals surface area contributed by atoms with Crippen LogP contribution in [-0.4, -0.2) is 48.4 Å². The predicted octanol–water partition coefficient (Wildman–Crippen LogP) is 3.40. The molecule has 0 saturated heterocycles. The number of imidazole rings is 2. The quantitative estimate of drug-likeness (QED) is 0.354. The molecular weight excluding hydrogens is 370 g/mol. The van der Waals surface area contributed by atoms with E-state index in [-0.39, 0.29) is 0 Å². The van der Waals surface area contributed by atoms with E-state index in [2.05, 4.69) is 34.7 Å². The maximum absolute atomic E-state index is 5.80. The van der Waals surface area contributed by atoms with Gasteiger partial charge in [0, 0.05) is 45.5 Å². The Labute approximate surface area is 164 Å². The fraction of sp³-hybridized carbons (Fsp3) is 0.368. The monoisotopic (exact) mass is 395 g/mol. The van der Waals surface area contributed by atoms with E-state index in [1.165, 1.54) is 0 Å². The second-order valence-electron chi connectivity index (χ2n) is 8.13. The molecule has 9 heteroatoms. The SMILES string of the molecule is Cc1cn(-c2cc3nccn3c(-c3cnn(COCC[Si](C)(C)C)c3)n2)cn1. The third-order valence-electron chi connectivity index (χ3n) is 4.46. The zero-order valence-electron chi connectivity index (χ0n) is 16.7. The number of ether oxygens (including phenoxy) is 1. The highest BCUT2D eigenvalue weighted by Gasteiger charge is 2.14. The number of aryl methyl sites for hydroxylation is 1. The standard InChI is InChI=1S/C19H25N7OSi/c1-15-11-24(13-21-15)18-9-17-20-5-6-26(17)19(23-18)16-10-22-25(12-16)14-27-7-8-28(2,3)4/h5-6,9-13H,7-8,14H2,1-4H3. The van der Waals surface area contributed by atoms with Gasteiger partial charge in [0.25, 0.3) is 0 Å². The summed E-state index contributed by atoms with van der Waals surface area (Å²) in [6.07, 6.45) is 11.2. The molecule has 0 N–H and O–H groups in total. The van der Waals surface area contributed by atoms with Crippen LogP contribution < -0.4 is 0 Å². The second-order valence-corrected chi connectivity index (χ2v) is 13.8. The van der Waals surface area contributed by atoms with Crippen molar-refractivity contribution in [3.8, 4) is 17.2 Å². The first kappa shape index (κ1) is 18.6. The lowest BCUT2D eigenvalue weighted by Crippen LogP contribution is -2.22. The predicted molar refractivity (Wildman–Crippen MR) is 110 cm³/mol. The van der Waals surface area contributed by atoms with Crippen molar-refractivity contribution in [2.75, 3.05) is 6.61 Å². The molecular formula is C19H25N7OSi. The zero-order valence-corrected chi connectivity index (χ0v) is 17.7. The summed E-state index contributed by atoms with van der Waals surface area (Å²) in [7, 11) is -1.08. The Bertz CT molecular complexity index is 1090. The van der Waals surface area contributed by atoms with Crippen LogP contribution in [0.3, 0.4) is 0 Å². The van der Waals surface area contributed by atoms with Gasteiger partial charge in [-0.25, -0.2) is 19.6 Å². The van der Waals surface area contributed by atoms with Crippen LogP contribution in [0, 0.1) is 6.92 Å². The molecule has 0 aliphatic rings. The fourth-order valence-corrected chi connectivity index (χ4v) is 3.64.